The summed E-state index contributed by atoms with van der Waals surface area (Å²) in [6.45, 7) is 9.65. The Morgan fingerprint density at radius 1 is 1.36 bits per heavy atom. The molecule has 2 unspecified atom stereocenters. The van der Waals surface area contributed by atoms with Crippen LogP contribution in [0.5, 0.6) is 0 Å². The number of hydrogen-bond donors (Lipinski definition) is 2. The summed E-state index contributed by atoms with van der Waals surface area (Å²) in [7, 11) is 0. The van der Waals surface area contributed by atoms with Gasteiger partial charge in [0.05, 0.1) is 31.1 Å². The number of morpholine rings is 1. The average molecular weight is 414 g/mol. The number of thioether (sulfide) groups is 1. The number of carbonyl (C=O) groups is 1. The van der Waals surface area contributed by atoms with Crippen molar-refractivity contribution < 1.29 is 14.3 Å². The fourth-order valence-electron chi connectivity index (χ4n) is 3.56. The Morgan fingerprint density at radius 2 is 2.18 bits per heavy atom. The fraction of sp³-hybridized carbons (Fsp3) is 0.833. The second-order valence-corrected chi connectivity index (χ2v) is 8.74. The minimum Gasteiger partial charge on any atom is -0.376 e. The molecule has 0 aromatic carbocycles. The van der Waals surface area contributed by atoms with Gasteiger partial charge in [0, 0.05) is 32.8 Å². The van der Waals surface area contributed by atoms with E-state index in [2.05, 4.69) is 34.3 Å². The van der Waals surface area contributed by atoms with E-state index in [1.54, 1.807) is 4.57 Å². The van der Waals surface area contributed by atoms with Gasteiger partial charge in [-0.05, 0) is 18.8 Å². The summed E-state index contributed by atoms with van der Waals surface area (Å²) >= 11 is 1.26. The smallest absolute Gasteiger partial charge is 0.344 e. The summed E-state index contributed by atoms with van der Waals surface area (Å²) in [6.07, 6.45) is 2.02. The van der Waals surface area contributed by atoms with Gasteiger partial charge in [0.1, 0.15) is 0 Å². The molecule has 9 nitrogen and oxygen atoms in total. The Hall–Kier alpha value is -1.36. The molecule has 2 fully saturated rings. The number of rotatable bonds is 9. The number of nitrogens with zero attached hydrogens (tertiary/aromatic N) is 3. The molecule has 2 saturated heterocycles. The Bertz CT molecular complexity index is 686. The van der Waals surface area contributed by atoms with Crippen LogP contribution in [0, 0.1) is 5.92 Å². The van der Waals surface area contributed by atoms with Gasteiger partial charge in [-0.2, -0.15) is 0 Å². The first-order valence-corrected chi connectivity index (χ1v) is 11.0. The van der Waals surface area contributed by atoms with Crippen molar-refractivity contribution in [2.45, 2.75) is 50.6 Å². The van der Waals surface area contributed by atoms with Crippen molar-refractivity contribution in [3.63, 3.8) is 0 Å². The lowest BCUT2D eigenvalue weighted by Gasteiger charge is -2.33. The van der Waals surface area contributed by atoms with E-state index in [-0.39, 0.29) is 29.6 Å². The van der Waals surface area contributed by atoms with Crippen LogP contribution in [0.3, 0.4) is 0 Å². The maximum atomic E-state index is 12.2. The third kappa shape index (κ3) is 6.33. The molecule has 0 aliphatic carbocycles. The molecular weight excluding hydrogens is 382 g/mol. The van der Waals surface area contributed by atoms with E-state index >= 15 is 0 Å². The van der Waals surface area contributed by atoms with Crippen LogP contribution in [0.25, 0.3) is 0 Å². The standard InChI is InChI=1S/C18H31N5O4S/c1-13(2)9-22-5-7-27-15(10-22)8-19-16(24)12-28-18-21-20-17(25)23(18)11-14-4-3-6-26-14/h13-15H,3-12H2,1-2H3,(H,19,24)(H,20,25). The van der Waals surface area contributed by atoms with E-state index in [4.69, 9.17) is 9.47 Å². The van der Waals surface area contributed by atoms with Crippen molar-refractivity contribution >= 4 is 17.7 Å². The van der Waals surface area contributed by atoms with Crippen LogP contribution in [0.15, 0.2) is 9.95 Å². The van der Waals surface area contributed by atoms with Gasteiger partial charge in [0.15, 0.2) is 5.16 Å². The summed E-state index contributed by atoms with van der Waals surface area (Å²) in [5.74, 6) is 0.734. The van der Waals surface area contributed by atoms with Crippen LogP contribution >= 0.6 is 11.8 Å². The van der Waals surface area contributed by atoms with Crippen molar-refractivity contribution in [1.29, 1.82) is 0 Å². The number of aromatic amines is 1. The maximum Gasteiger partial charge on any atom is 0.344 e. The summed E-state index contributed by atoms with van der Waals surface area (Å²) in [6, 6.07) is 0. The zero-order valence-corrected chi connectivity index (χ0v) is 17.5. The molecule has 2 atom stereocenters. The van der Waals surface area contributed by atoms with E-state index < -0.39 is 0 Å². The lowest BCUT2D eigenvalue weighted by molar-refractivity contribution is -0.119. The van der Waals surface area contributed by atoms with E-state index in [1.165, 1.54) is 11.8 Å². The Morgan fingerprint density at radius 3 is 2.93 bits per heavy atom. The third-order valence-corrected chi connectivity index (χ3v) is 5.82. The predicted octanol–water partition coefficient (Wildman–Crippen LogP) is 0.316. The Kier molecular flexibility index (Phi) is 7.95. The van der Waals surface area contributed by atoms with Crippen LogP contribution < -0.4 is 11.0 Å². The second-order valence-electron chi connectivity index (χ2n) is 7.80. The zero-order chi connectivity index (χ0) is 19.9. The summed E-state index contributed by atoms with van der Waals surface area (Å²) in [5, 5.41) is 9.96. The number of amides is 1. The van der Waals surface area contributed by atoms with Crippen molar-refractivity contribution in [3.05, 3.63) is 10.5 Å². The number of hydrogen-bond acceptors (Lipinski definition) is 7. The van der Waals surface area contributed by atoms with Gasteiger partial charge in [0.2, 0.25) is 5.91 Å². The van der Waals surface area contributed by atoms with Crippen molar-refractivity contribution in [3.8, 4) is 0 Å². The highest BCUT2D eigenvalue weighted by atomic mass is 32.2. The molecule has 158 valence electrons. The quantitative estimate of drug-likeness (QED) is 0.562. The molecule has 0 spiro atoms. The molecule has 3 heterocycles. The lowest BCUT2D eigenvalue weighted by Crippen LogP contribution is -2.48. The number of ether oxygens (including phenoxy) is 2. The number of H-pyrrole nitrogens is 1. The molecule has 2 N–H and O–H groups in total. The molecule has 2 aliphatic heterocycles. The molecule has 28 heavy (non-hydrogen) atoms. The summed E-state index contributed by atoms with van der Waals surface area (Å²) < 4.78 is 12.9. The largest absolute Gasteiger partial charge is 0.376 e. The van der Waals surface area contributed by atoms with Crippen LogP contribution in [0.1, 0.15) is 26.7 Å². The number of aromatic nitrogens is 3. The summed E-state index contributed by atoms with van der Waals surface area (Å²) in [5.41, 5.74) is -0.265. The molecule has 0 bridgehead atoms. The lowest BCUT2D eigenvalue weighted by atomic mass is 10.2. The highest BCUT2D eigenvalue weighted by molar-refractivity contribution is 7.99. The minimum atomic E-state index is -0.265. The molecule has 2 aliphatic rings. The Balaban J connectivity index is 1.41. The van der Waals surface area contributed by atoms with Crippen molar-refractivity contribution in [2.75, 3.05) is 45.1 Å². The molecule has 1 aromatic rings. The fourth-order valence-corrected chi connectivity index (χ4v) is 4.35. The van der Waals surface area contributed by atoms with E-state index in [1.807, 2.05) is 0 Å². The van der Waals surface area contributed by atoms with Gasteiger partial charge in [0.25, 0.3) is 0 Å². The normalized spacial score (nSPS) is 23.4. The minimum absolute atomic E-state index is 0.0181. The molecular formula is C18H31N5O4S. The van der Waals surface area contributed by atoms with Gasteiger partial charge in [-0.1, -0.05) is 25.6 Å². The number of carbonyl (C=O) groups excluding carboxylic acids is 1. The Labute approximate surface area is 169 Å². The van der Waals surface area contributed by atoms with Gasteiger partial charge >= 0.3 is 5.69 Å². The third-order valence-electron chi connectivity index (χ3n) is 4.84. The van der Waals surface area contributed by atoms with Crippen LogP contribution in [0.2, 0.25) is 0 Å². The molecule has 1 amide bonds. The van der Waals surface area contributed by atoms with Crippen molar-refractivity contribution in [1.82, 2.24) is 25.0 Å². The summed E-state index contributed by atoms with van der Waals surface area (Å²) in [4.78, 5) is 26.6. The van der Waals surface area contributed by atoms with Gasteiger partial charge in [-0.25, -0.2) is 9.89 Å². The first kappa shape index (κ1) is 21.4. The topological polar surface area (TPSA) is 101 Å². The molecule has 0 radical (unpaired) electrons. The molecule has 0 saturated carbocycles. The van der Waals surface area contributed by atoms with Crippen molar-refractivity contribution in [2.24, 2.45) is 5.92 Å². The first-order chi connectivity index (χ1) is 13.5. The van der Waals surface area contributed by atoms with Crippen LogP contribution in [-0.4, -0.2) is 82.9 Å². The van der Waals surface area contributed by atoms with Gasteiger partial charge in [-0.15, -0.1) is 5.10 Å². The highest BCUT2D eigenvalue weighted by Gasteiger charge is 2.22. The average Bonchev–Trinajstić information content (AvgIpc) is 3.29. The monoisotopic (exact) mass is 413 g/mol. The first-order valence-electron chi connectivity index (χ1n) is 10.0. The van der Waals surface area contributed by atoms with Crippen LogP contribution in [0.4, 0.5) is 0 Å². The molecule has 10 heteroatoms. The second kappa shape index (κ2) is 10.4. The van der Waals surface area contributed by atoms with E-state index in [0.29, 0.717) is 30.8 Å². The van der Waals surface area contributed by atoms with Gasteiger partial charge in [-0.3, -0.25) is 14.3 Å². The predicted molar refractivity (Wildman–Crippen MR) is 107 cm³/mol. The highest BCUT2D eigenvalue weighted by Crippen LogP contribution is 2.18. The molecule has 1 aromatic heterocycles. The SMILES string of the molecule is CC(C)CN1CCOC(CNC(=O)CSc2n[nH]c(=O)n2CC2CCCO2)C1. The van der Waals surface area contributed by atoms with Crippen LogP contribution in [-0.2, 0) is 20.8 Å². The molecule has 3 rings (SSSR count). The number of nitrogens with one attached hydrogen (secondary N) is 2. The van der Waals surface area contributed by atoms with E-state index in [0.717, 1.165) is 39.1 Å². The van der Waals surface area contributed by atoms with Gasteiger partial charge < -0.3 is 14.8 Å². The zero-order valence-electron chi connectivity index (χ0n) is 16.7. The maximum absolute atomic E-state index is 12.2. The van der Waals surface area contributed by atoms with E-state index in [9.17, 15) is 9.59 Å².